The van der Waals surface area contributed by atoms with Crippen molar-refractivity contribution in [2.45, 2.75) is 50.5 Å². The molecule has 2 aliphatic heterocycles. The SMILES string of the molecule is O=C(C[C@H](c1ccc(O)cc1)c1cccc(O)c1)N1CCC(N2CCCCC2)CC1. The number of amides is 1. The lowest BCUT2D eigenvalue weighted by atomic mass is 9.87. The molecule has 0 unspecified atom stereocenters. The fourth-order valence-corrected chi connectivity index (χ4v) is 4.94. The summed E-state index contributed by atoms with van der Waals surface area (Å²) < 4.78 is 0. The average molecular weight is 409 g/mol. The summed E-state index contributed by atoms with van der Waals surface area (Å²) in [5, 5.41) is 19.6. The van der Waals surface area contributed by atoms with E-state index in [-0.39, 0.29) is 23.3 Å². The second kappa shape index (κ2) is 9.52. The molecule has 5 heteroatoms. The van der Waals surface area contributed by atoms with Gasteiger partial charge in [-0.15, -0.1) is 0 Å². The Morgan fingerprint density at radius 2 is 1.57 bits per heavy atom. The molecule has 2 aromatic carbocycles. The molecule has 2 saturated heterocycles. The van der Waals surface area contributed by atoms with Crippen molar-refractivity contribution < 1.29 is 15.0 Å². The topological polar surface area (TPSA) is 64.0 Å². The summed E-state index contributed by atoms with van der Waals surface area (Å²) in [7, 11) is 0. The molecule has 2 aliphatic rings. The highest BCUT2D eigenvalue weighted by molar-refractivity contribution is 5.78. The third-order valence-corrected chi connectivity index (χ3v) is 6.67. The van der Waals surface area contributed by atoms with Crippen molar-refractivity contribution in [3.05, 3.63) is 59.7 Å². The summed E-state index contributed by atoms with van der Waals surface area (Å²) in [6.07, 6.45) is 6.43. The molecule has 0 aliphatic carbocycles. The van der Waals surface area contributed by atoms with Gasteiger partial charge in [-0.3, -0.25) is 4.79 Å². The second-order valence-corrected chi connectivity index (χ2v) is 8.65. The fourth-order valence-electron chi connectivity index (χ4n) is 4.94. The first-order valence-electron chi connectivity index (χ1n) is 11.2. The molecule has 30 heavy (non-hydrogen) atoms. The minimum atomic E-state index is -0.148. The minimum Gasteiger partial charge on any atom is -0.508 e. The monoisotopic (exact) mass is 408 g/mol. The van der Waals surface area contributed by atoms with Gasteiger partial charge in [-0.1, -0.05) is 30.7 Å². The number of piperidine rings is 2. The molecule has 0 bridgehead atoms. The van der Waals surface area contributed by atoms with Gasteiger partial charge in [0.1, 0.15) is 11.5 Å². The molecule has 1 atom stereocenters. The van der Waals surface area contributed by atoms with E-state index < -0.39 is 0 Å². The highest BCUT2D eigenvalue weighted by atomic mass is 16.3. The van der Waals surface area contributed by atoms with E-state index in [9.17, 15) is 15.0 Å². The van der Waals surface area contributed by atoms with Gasteiger partial charge in [0.05, 0.1) is 0 Å². The zero-order valence-electron chi connectivity index (χ0n) is 17.5. The van der Waals surface area contributed by atoms with Crippen LogP contribution < -0.4 is 0 Å². The number of aromatic hydroxyl groups is 2. The van der Waals surface area contributed by atoms with Crippen LogP contribution in [0.4, 0.5) is 0 Å². The van der Waals surface area contributed by atoms with Crippen molar-refractivity contribution in [3.63, 3.8) is 0 Å². The maximum atomic E-state index is 13.2. The van der Waals surface area contributed by atoms with E-state index >= 15 is 0 Å². The Hall–Kier alpha value is -2.53. The number of rotatable bonds is 5. The molecule has 2 N–H and O–H groups in total. The quantitative estimate of drug-likeness (QED) is 0.782. The normalized spacial score (nSPS) is 19.5. The minimum absolute atomic E-state index is 0.148. The number of carbonyl (C=O) groups excluding carboxylic acids is 1. The summed E-state index contributed by atoms with van der Waals surface area (Å²) in [6.45, 7) is 4.06. The summed E-state index contributed by atoms with van der Waals surface area (Å²) in [6, 6.07) is 14.8. The Bertz CT molecular complexity index is 838. The molecule has 2 aromatic rings. The molecule has 0 saturated carbocycles. The summed E-state index contributed by atoms with van der Waals surface area (Å²) in [4.78, 5) is 17.8. The van der Waals surface area contributed by atoms with Gasteiger partial charge in [-0.25, -0.2) is 0 Å². The van der Waals surface area contributed by atoms with Crippen molar-refractivity contribution in [1.29, 1.82) is 0 Å². The van der Waals surface area contributed by atoms with Gasteiger partial charge < -0.3 is 20.0 Å². The number of carbonyl (C=O) groups is 1. The molecule has 2 heterocycles. The third kappa shape index (κ3) is 4.96. The third-order valence-electron chi connectivity index (χ3n) is 6.67. The lowest BCUT2D eigenvalue weighted by Crippen LogP contribution is -2.48. The van der Waals surface area contributed by atoms with Gasteiger partial charge in [-0.2, -0.15) is 0 Å². The lowest BCUT2D eigenvalue weighted by Gasteiger charge is -2.40. The van der Waals surface area contributed by atoms with Crippen molar-refractivity contribution in [3.8, 4) is 11.5 Å². The van der Waals surface area contributed by atoms with Crippen LogP contribution in [-0.2, 0) is 4.79 Å². The van der Waals surface area contributed by atoms with Crippen molar-refractivity contribution in [2.24, 2.45) is 0 Å². The van der Waals surface area contributed by atoms with Crippen molar-refractivity contribution >= 4 is 5.91 Å². The van der Waals surface area contributed by atoms with Crippen LogP contribution in [0.2, 0.25) is 0 Å². The van der Waals surface area contributed by atoms with Crippen LogP contribution in [0.15, 0.2) is 48.5 Å². The largest absolute Gasteiger partial charge is 0.508 e. The highest BCUT2D eigenvalue weighted by Gasteiger charge is 2.29. The van der Waals surface area contributed by atoms with Gasteiger partial charge in [0.25, 0.3) is 0 Å². The zero-order chi connectivity index (χ0) is 20.9. The van der Waals surface area contributed by atoms with E-state index in [2.05, 4.69) is 4.90 Å². The van der Waals surface area contributed by atoms with E-state index in [0.717, 1.165) is 37.1 Å². The number of phenols is 2. The maximum absolute atomic E-state index is 13.2. The van der Waals surface area contributed by atoms with Crippen molar-refractivity contribution in [1.82, 2.24) is 9.80 Å². The molecule has 0 spiro atoms. The first-order valence-corrected chi connectivity index (χ1v) is 11.2. The number of benzene rings is 2. The molecular formula is C25H32N2O3. The fraction of sp³-hybridized carbons (Fsp3) is 0.480. The zero-order valence-corrected chi connectivity index (χ0v) is 17.5. The summed E-state index contributed by atoms with van der Waals surface area (Å²) >= 11 is 0. The van der Waals surface area contributed by atoms with Gasteiger partial charge in [0.2, 0.25) is 5.91 Å². The second-order valence-electron chi connectivity index (χ2n) is 8.65. The van der Waals surface area contributed by atoms with Gasteiger partial charge in [0, 0.05) is 31.5 Å². The maximum Gasteiger partial charge on any atom is 0.223 e. The first-order chi connectivity index (χ1) is 14.6. The number of phenolic OH excluding ortho intramolecular Hbond substituents is 2. The molecular weight excluding hydrogens is 376 g/mol. The number of hydrogen-bond acceptors (Lipinski definition) is 4. The van der Waals surface area contributed by atoms with Crippen LogP contribution in [0.1, 0.15) is 55.6 Å². The molecule has 0 aromatic heterocycles. The summed E-state index contributed by atoms with van der Waals surface area (Å²) in [5.74, 6) is 0.420. The predicted octanol–water partition coefficient (Wildman–Crippen LogP) is 4.10. The Morgan fingerprint density at radius 1 is 0.867 bits per heavy atom. The molecule has 1 amide bonds. The van der Waals surface area contributed by atoms with Crippen LogP contribution in [-0.4, -0.2) is 58.1 Å². The summed E-state index contributed by atoms with van der Waals surface area (Å²) in [5.41, 5.74) is 1.88. The Labute approximate surface area is 178 Å². The number of hydrogen-bond donors (Lipinski definition) is 2. The smallest absolute Gasteiger partial charge is 0.223 e. The first kappa shape index (κ1) is 20.7. The molecule has 160 valence electrons. The standard InChI is InChI=1S/C25H32N2O3/c28-22-9-7-19(8-10-22)24(20-5-4-6-23(29)17-20)18-25(30)27-15-11-21(12-16-27)26-13-2-1-3-14-26/h4-10,17,21,24,28-29H,1-3,11-16,18H2/t24-/m1/s1. The van der Waals surface area contributed by atoms with Crippen LogP contribution in [0.5, 0.6) is 11.5 Å². The van der Waals surface area contributed by atoms with Crippen LogP contribution in [0, 0.1) is 0 Å². The number of nitrogens with zero attached hydrogens (tertiary/aromatic N) is 2. The molecule has 5 nitrogen and oxygen atoms in total. The van der Waals surface area contributed by atoms with Gasteiger partial charge in [0.15, 0.2) is 0 Å². The number of likely N-dealkylation sites (tertiary alicyclic amines) is 2. The van der Waals surface area contributed by atoms with E-state index in [4.69, 9.17) is 0 Å². The Balaban J connectivity index is 1.43. The Kier molecular flexibility index (Phi) is 6.58. The van der Waals surface area contributed by atoms with E-state index in [1.807, 2.05) is 29.2 Å². The lowest BCUT2D eigenvalue weighted by molar-refractivity contribution is -0.133. The van der Waals surface area contributed by atoms with E-state index in [1.165, 1.54) is 32.4 Å². The Morgan fingerprint density at radius 3 is 2.23 bits per heavy atom. The molecule has 2 fully saturated rings. The molecule has 0 radical (unpaired) electrons. The highest BCUT2D eigenvalue weighted by Crippen LogP contribution is 2.32. The van der Waals surface area contributed by atoms with Gasteiger partial charge >= 0.3 is 0 Å². The van der Waals surface area contributed by atoms with Gasteiger partial charge in [-0.05, 0) is 74.2 Å². The van der Waals surface area contributed by atoms with Crippen LogP contribution in [0.25, 0.3) is 0 Å². The van der Waals surface area contributed by atoms with E-state index in [1.54, 1.807) is 24.3 Å². The van der Waals surface area contributed by atoms with Crippen LogP contribution in [0.3, 0.4) is 0 Å². The van der Waals surface area contributed by atoms with Crippen LogP contribution >= 0.6 is 0 Å². The van der Waals surface area contributed by atoms with E-state index in [0.29, 0.717) is 12.5 Å². The van der Waals surface area contributed by atoms with Crippen molar-refractivity contribution in [2.75, 3.05) is 26.2 Å². The molecule has 4 rings (SSSR count). The average Bonchev–Trinajstić information content (AvgIpc) is 2.79. The predicted molar refractivity (Wildman–Crippen MR) is 118 cm³/mol.